The van der Waals surface area contributed by atoms with Crippen LogP contribution in [0.5, 0.6) is 0 Å². The Morgan fingerprint density at radius 2 is 2.00 bits per heavy atom. The van der Waals surface area contributed by atoms with Gasteiger partial charge in [-0.25, -0.2) is 0 Å². The Morgan fingerprint density at radius 3 is 2.72 bits per heavy atom. The van der Waals surface area contributed by atoms with Crippen LogP contribution in [0.4, 0.5) is 0 Å². The SMILES string of the molecule is O=C(C1CC1)N1CC(c2cccnc2)C2(C1)OCCN(Cc1ccccc1)C2=O. The van der Waals surface area contributed by atoms with E-state index in [-0.39, 0.29) is 23.7 Å². The van der Waals surface area contributed by atoms with Crippen LogP contribution in [0.25, 0.3) is 0 Å². The molecule has 1 aromatic heterocycles. The molecule has 6 heteroatoms. The van der Waals surface area contributed by atoms with Crippen molar-refractivity contribution in [1.29, 1.82) is 0 Å². The molecule has 0 radical (unpaired) electrons. The number of amides is 2. The van der Waals surface area contributed by atoms with Crippen LogP contribution in [0.1, 0.15) is 29.9 Å². The van der Waals surface area contributed by atoms with Crippen molar-refractivity contribution in [3.8, 4) is 0 Å². The van der Waals surface area contributed by atoms with Gasteiger partial charge in [-0.15, -0.1) is 0 Å². The standard InChI is InChI=1S/C23H25N3O3/c27-21(18-8-9-18)26-15-20(19-7-4-10-24-13-19)23(16-26)22(28)25(11-12-29-23)14-17-5-2-1-3-6-17/h1-7,10,13,18,20H,8-9,11-12,14-16H2. The quantitative estimate of drug-likeness (QED) is 0.802. The van der Waals surface area contributed by atoms with Crippen molar-refractivity contribution in [3.63, 3.8) is 0 Å². The minimum Gasteiger partial charge on any atom is -0.361 e. The van der Waals surface area contributed by atoms with Crippen molar-refractivity contribution in [2.45, 2.75) is 30.9 Å². The highest BCUT2D eigenvalue weighted by atomic mass is 16.5. The number of morpholine rings is 1. The van der Waals surface area contributed by atoms with Crippen LogP contribution in [-0.4, -0.2) is 58.4 Å². The molecule has 1 spiro atoms. The van der Waals surface area contributed by atoms with E-state index in [4.69, 9.17) is 4.74 Å². The lowest BCUT2D eigenvalue weighted by Gasteiger charge is -2.42. The van der Waals surface area contributed by atoms with Crippen LogP contribution in [-0.2, 0) is 20.9 Å². The maximum Gasteiger partial charge on any atom is 0.257 e. The summed E-state index contributed by atoms with van der Waals surface area (Å²) < 4.78 is 6.24. The fraction of sp³-hybridized carbons (Fsp3) is 0.435. The van der Waals surface area contributed by atoms with E-state index in [1.807, 2.05) is 52.3 Å². The van der Waals surface area contributed by atoms with Gasteiger partial charge in [0.1, 0.15) is 0 Å². The van der Waals surface area contributed by atoms with Crippen molar-refractivity contribution in [3.05, 3.63) is 66.0 Å². The Hall–Kier alpha value is -2.73. The summed E-state index contributed by atoms with van der Waals surface area (Å²) in [6, 6.07) is 13.9. The van der Waals surface area contributed by atoms with Gasteiger partial charge < -0.3 is 14.5 Å². The monoisotopic (exact) mass is 391 g/mol. The predicted octanol–water partition coefficient (Wildman–Crippen LogP) is 2.22. The molecular formula is C23H25N3O3. The van der Waals surface area contributed by atoms with Gasteiger partial charge in [0.2, 0.25) is 5.91 Å². The zero-order valence-electron chi connectivity index (χ0n) is 16.4. The Labute approximate surface area is 170 Å². The second-order valence-corrected chi connectivity index (χ2v) is 8.28. The minimum absolute atomic E-state index is 0.0208. The van der Waals surface area contributed by atoms with Gasteiger partial charge >= 0.3 is 0 Å². The topological polar surface area (TPSA) is 62.7 Å². The first-order chi connectivity index (χ1) is 14.2. The fourth-order valence-electron chi connectivity index (χ4n) is 4.63. The first-order valence-corrected chi connectivity index (χ1v) is 10.3. The number of likely N-dealkylation sites (tertiary alicyclic amines) is 1. The fourth-order valence-corrected chi connectivity index (χ4v) is 4.63. The Balaban J connectivity index is 1.47. The molecule has 3 aliphatic rings. The molecule has 2 amide bonds. The van der Waals surface area contributed by atoms with Gasteiger partial charge in [-0.3, -0.25) is 14.6 Å². The molecule has 0 N–H and O–H groups in total. The summed E-state index contributed by atoms with van der Waals surface area (Å²) in [7, 11) is 0. The average Bonchev–Trinajstić information content (AvgIpc) is 3.54. The first-order valence-electron chi connectivity index (χ1n) is 10.3. The third-order valence-corrected chi connectivity index (χ3v) is 6.30. The molecule has 1 aromatic carbocycles. The molecule has 1 aliphatic carbocycles. The number of carbonyl (C=O) groups is 2. The van der Waals surface area contributed by atoms with Crippen molar-refractivity contribution < 1.29 is 14.3 Å². The molecule has 2 atom stereocenters. The Morgan fingerprint density at radius 1 is 1.17 bits per heavy atom. The van der Waals surface area contributed by atoms with Gasteiger partial charge in [0.25, 0.3) is 5.91 Å². The highest BCUT2D eigenvalue weighted by Gasteiger charge is 2.58. The third-order valence-electron chi connectivity index (χ3n) is 6.30. The summed E-state index contributed by atoms with van der Waals surface area (Å²) in [4.78, 5) is 34.5. The van der Waals surface area contributed by atoms with Crippen molar-refractivity contribution in [1.82, 2.24) is 14.8 Å². The lowest BCUT2D eigenvalue weighted by molar-refractivity contribution is -0.173. The van der Waals surface area contributed by atoms with E-state index < -0.39 is 5.60 Å². The summed E-state index contributed by atoms with van der Waals surface area (Å²) in [5.41, 5.74) is 1.02. The van der Waals surface area contributed by atoms with Crippen LogP contribution in [0.3, 0.4) is 0 Å². The molecule has 2 unspecified atom stereocenters. The molecule has 29 heavy (non-hydrogen) atoms. The van der Waals surface area contributed by atoms with Crippen LogP contribution < -0.4 is 0 Å². The van der Waals surface area contributed by atoms with E-state index in [0.29, 0.717) is 32.8 Å². The number of rotatable bonds is 4. The van der Waals surface area contributed by atoms with E-state index in [1.54, 1.807) is 12.4 Å². The van der Waals surface area contributed by atoms with Gasteiger partial charge in [0.15, 0.2) is 5.60 Å². The smallest absolute Gasteiger partial charge is 0.257 e. The molecule has 150 valence electrons. The van der Waals surface area contributed by atoms with Crippen molar-refractivity contribution in [2.24, 2.45) is 5.92 Å². The molecule has 2 aliphatic heterocycles. The Kier molecular flexibility index (Phi) is 4.59. The molecular weight excluding hydrogens is 366 g/mol. The van der Waals surface area contributed by atoms with Gasteiger partial charge in [-0.05, 0) is 30.0 Å². The number of nitrogens with zero attached hydrogens (tertiary/aromatic N) is 3. The summed E-state index contributed by atoms with van der Waals surface area (Å²) in [6.07, 6.45) is 5.43. The molecule has 6 nitrogen and oxygen atoms in total. The van der Waals surface area contributed by atoms with E-state index in [2.05, 4.69) is 4.98 Å². The van der Waals surface area contributed by atoms with Crippen LogP contribution >= 0.6 is 0 Å². The van der Waals surface area contributed by atoms with Crippen molar-refractivity contribution >= 4 is 11.8 Å². The number of carbonyl (C=O) groups excluding carboxylic acids is 2. The molecule has 3 fully saturated rings. The molecule has 1 saturated carbocycles. The van der Waals surface area contributed by atoms with Crippen LogP contribution in [0.2, 0.25) is 0 Å². The zero-order chi connectivity index (χ0) is 19.8. The number of hydrogen-bond acceptors (Lipinski definition) is 4. The number of benzene rings is 1. The minimum atomic E-state index is -1.03. The Bertz CT molecular complexity index is 900. The summed E-state index contributed by atoms with van der Waals surface area (Å²) >= 11 is 0. The summed E-state index contributed by atoms with van der Waals surface area (Å²) in [5.74, 6) is 0.0590. The highest BCUT2D eigenvalue weighted by molar-refractivity contribution is 5.90. The van der Waals surface area contributed by atoms with E-state index in [9.17, 15) is 9.59 Å². The average molecular weight is 391 g/mol. The molecule has 0 bridgehead atoms. The second kappa shape index (κ2) is 7.26. The van der Waals surface area contributed by atoms with E-state index in [0.717, 1.165) is 24.0 Å². The summed E-state index contributed by atoms with van der Waals surface area (Å²) in [5, 5.41) is 0. The number of hydrogen-bond donors (Lipinski definition) is 0. The van der Waals surface area contributed by atoms with E-state index in [1.165, 1.54) is 0 Å². The molecule has 2 saturated heterocycles. The summed E-state index contributed by atoms with van der Waals surface area (Å²) in [6.45, 7) is 2.42. The van der Waals surface area contributed by atoms with Crippen LogP contribution in [0.15, 0.2) is 54.9 Å². The zero-order valence-corrected chi connectivity index (χ0v) is 16.4. The molecule has 3 heterocycles. The van der Waals surface area contributed by atoms with E-state index >= 15 is 0 Å². The second-order valence-electron chi connectivity index (χ2n) is 8.28. The number of pyridine rings is 1. The van der Waals surface area contributed by atoms with Gasteiger partial charge in [0, 0.05) is 43.9 Å². The maximum absolute atomic E-state index is 13.7. The number of ether oxygens (including phenoxy) is 1. The third kappa shape index (κ3) is 3.31. The predicted molar refractivity (Wildman–Crippen MR) is 107 cm³/mol. The lowest BCUT2D eigenvalue weighted by atomic mass is 9.83. The molecule has 2 aromatic rings. The largest absolute Gasteiger partial charge is 0.361 e. The van der Waals surface area contributed by atoms with Gasteiger partial charge in [-0.2, -0.15) is 0 Å². The van der Waals surface area contributed by atoms with Gasteiger partial charge in [-0.1, -0.05) is 36.4 Å². The van der Waals surface area contributed by atoms with Crippen LogP contribution in [0, 0.1) is 5.92 Å². The normalized spacial score (nSPS) is 26.9. The highest BCUT2D eigenvalue weighted by Crippen LogP contribution is 2.44. The lowest BCUT2D eigenvalue weighted by Crippen LogP contribution is -2.60. The number of aromatic nitrogens is 1. The molecule has 5 rings (SSSR count). The first kappa shape index (κ1) is 18.3. The van der Waals surface area contributed by atoms with Crippen molar-refractivity contribution in [2.75, 3.05) is 26.2 Å². The van der Waals surface area contributed by atoms with Gasteiger partial charge in [0.05, 0.1) is 13.2 Å². The maximum atomic E-state index is 13.7.